The van der Waals surface area contributed by atoms with Gasteiger partial charge in [-0.25, -0.2) is 4.98 Å². The first kappa shape index (κ1) is 15.8. The van der Waals surface area contributed by atoms with Gasteiger partial charge in [0, 0.05) is 11.6 Å². The van der Waals surface area contributed by atoms with Crippen LogP contribution in [-0.2, 0) is 17.8 Å². The minimum atomic E-state index is -0.112. The predicted octanol–water partition coefficient (Wildman–Crippen LogP) is 4.22. The number of nitrogens with zero attached hydrogens (tertiary/aromatic N) is 1. The molecule has 4 nitrogen and oxygen atoms in total. The first-order valence-electron chi connectivity index (χ1n) is 7.14. The number of halogens is 1. The van der Waals surface area contributed by atoms with Crippen LogP contribution in [0.3, 0.4) is 0 Å². The highest BCUT2D eigenvalue weighted by molar-refractivity contribution is 7.13. The molecule has 3 aromatic rings. The second-order valence-corrected chi connectivity index (χ2v) is 6.40. The summed E-state index contributed by atoms with van der Waals surface area (Å²) >= 11 is 7.63. The Hall–Kier alpha value is -2.11. The molecule has 0 aliphatic carbocycles. The van der Waals surface area contributed by atoms with Crippen molar-refractivity contribution in [3.8, 4) is 10.8 Å². The number of benzene rings is 1. The van der Waals surface area contributed by atoms with E-state index in [0.29, 0.717) is 28.9 Å². The fraction of sp³-hybridized carbons (Fsp3) is 0.176. The number of hydrogen-bond donors (Lipinski definition) is 1. The number of oxazole rings is 1. The van der Waals surface area contributed by atoms with Gasteiger partial charge in [-0.1, -0.05) is 35.9 Å². The van der Waals surface area contributed by atoms with Crippen molar-refractivity contribution >= 4 is 28.8 Å². The van der Waals surface area contributed by atoms with Gasteiger partial charge < -0.3 is 9.73 Å². The summed E-state index contributed by atoms with van der Waals surface area (Å²) in [6, 6.07) is 11.3. The highest BCUT2D eigenvalue weighted by Crippen LogP contribution is 2.26. The smallest absolute Gasteiger partial charge is 0.236 e. The van der Waals surface area contributed by atoms with E-state index in [0.717, 1.165) is 10.4 Å². The summed E-state index contributed by atoms with van der Waals surface area (Å²) in [6.07, 6.45) is 0.186. The lowest BCUT2D eigenvalue weighted by Crippen LogP contribution is -2.25. The van der Waals surface area contributed by atoms with Crippen molar-refractivity contribution in [1.29, 1.82) is 0 Å². The predicted molar refractivity (Wildman–Crippen MR) is 91.6 cm³/mol. The molecule has 0 fully saturated rings. The quantitative estimate of drug-likeness (QED) is 0.752. The first-order chi connectivity index (χ1) is 11.1. The van der Waals surface area contributed by atoms with Crippen LogP contribution >= 0.6 is 22.9 Å². The number of amides is 1. The number of hydrogen-bond acceptors (Lipinski definition) is 4. The Kier molecular flexibility index (Phi) is 4.79. The minimum absolute atomic E-state index is 0.112. The van der Waals surface area contributed by atoms with Crippen LogP contribution in [0.25, 0.3) is 10.8 Å². The summed E-state index contributed by atoms with van der Waals surface area (Å²) in [5.74, 6) is 1.12. The summed E-state index contributed by atoms with van der Waals surface area (Å²) in [5, 5.41) is 5.46. The Morgan fingerprint density at radius 3 is 2.87 bits per heavy atom. The number of aryl methyl sites for hydroxylation is 1. The molecule has 0 saturated carbocycles. The van der Waals surface area contributed by atoms with Crippen LogP contribution in [0.1, 0.15) is 17.0 Å². The van der Waals surface area contributed by atoms with Crippen LogP contribution in [0.5, 0.6) is 0 Å². The Balaban J connectivity index is 1.63. The molecule has 1 N–H and O–H groups in total. The molecule has 0 spiro atoms. The summed E-state index contributed by atoms with van der Waals surface area (Å²) < 4.78 is 5.64. The number of thiophene rings is 1. The minimum Gasteiger partial charge on any atom is -0.440 e. The average molecular weight is 347 g/mol. The summed E-state index contributed by atoms with van der Waals surface area (Å²) in [7, 11) is 0. The fourth-order valence-electron chi connectivity index (χ4n) is 2.15. The van der Waals surface area contributed by atoms with Crippen molar-refractivity contribution in [1.82, 2.24) is 10.3 Å². The van der Waals surface area contributed by atoms with Crippen molar-refractivity contribution in [3.05, 3.63) is 63.8 Å². The molecule has 23 heavy (non-hydrogen) atoms. The van der Waals surface area contributed by atoms with Crippen LogP contribution in [0.4, 0.5) is 0 Å². The molecule has 0 unspecified atom stereocenters. The maximum absolute atomic E-state index is 12.1. The third-order valence-corrected chi connectivity index (χ3v) is 4.61. The molecule has 0 atom stereocenters. The van der Waals surface area contributed by atoms with Crippen LogP contribution in [-0.4, -0.2) is 10.9 Å². The van der Waals surface area contributed by atoms with Gasteiger partial charge >= 0.3 is 0 Å². The molecule has 2 aromatic heterocycles. The highest BCUT2D eigenvalue weighted by atomic mass is 35.5. The van der Waals surface area contributed by atoms with E-state index in [2.05, 4.69) is 10.3 Å². The van der Waals surface area contributed by atoms with E-state index in [9.17, 15) is 4.79 Å². The van der Waals surface area contributed by atoms with Gasteiger partial charge in [-0.3, -0.25) is 4.79 Å². The Bertz CT molecular complexity index is 812. The number of nitrogens with one attached hydrogen (secondary N) is 1. The van der Waals surface area contributed by atoms with E-state index < -0.39 is 0 Å². The van der Waals surface area contributed by atoms with Gasteiger partial charge in [0.1, 0.15) is 5.76 Å². The molecule has 0 bridgehead atoms. The molecule has 0 radical (unpaired) electrons. The van der Waals surface area contributed by atoms with E-state index >= 15 is 0 Å². The van der Waals surface area contributed by atoms with Crippen molar-refractivity contribution in [3.63, 3.8) is 0 Å². The highest BCUT2D eigenvalue weighted by Gasteiger charge is 2.15. The van der Waals surface area contributed by atoms with Crippen molar-refractivity contribution in [2.45, 2.75) is 19.9 Å². The van der Waals surface area contributed by atoms with Gasteiger partial charge in [0.2, 0.25) is 11.8 Å². The molecule has 118 valence electrons. The van der Waals surface area contributed by atoms with Crippen LogP contribution in [0.15, 0.2) is 46.2 Å². The van der Waals surface area contributed by atoms with E-state index in [-0.39, 0.29) is 12.3 Å². The van der Waals surface area contributed by atoms with Crippen molar-refractivity contribution in [2.24, 2.45) is 0 Å². The zero-order chi connectivity index (χ0) is 16.2. The number of carbonyl (C=O) groups is 1. The topological polar surface area (TPSA) is 55.1 Å². The second kappa shape index (κ2) is 6.98. The lowest BCUT2D eigenvalue weighted by atomic mass is 10.2. The SMILES string of the molecule is Cc1oc(-c2cccs2)nc1CC(=O)NCc1ccccc1Cl. The fourth-order valence-corrected chi connectivity index (χ4v) is 3.00. The van der Waals surface area contributed by atoms with Gasteiger partial charge in [-0.15, -0.1) is 11.3 Å². The molecular formula is C17H15ClN2O2S. The summed E-state index contributed by atoms with van der Waals surface area (Å²) in [5.41, 5.74) is 1.55. The molecule has 1 amide bonds. The van der Waals surface area contributed by atoms with E-state index in [1.807, 2.05) is 42.6 Å². The Labute approximate surface area is 143 Å². The van der Waals surface area contributed by atoms with Gasteiger partial charge in [0.25, 0.3) is 0 Å². The lowest BCUT2D eigenvalue weighted by molar-refractivity contribution is -0.120. The van der Waals surface area contributed by atoms with Crippen LogP contribution < -0.4 is 5.32 Å². The third-order valence-electron chi connectivity index (χ3n) is 3.39. The Morgan fingerprint density at radius 1 is 1.30 bits per heavy atom. The molecule has 0 aliphatic heterocycles. The van der Waals surface area contributed by atoms with Crippen LogP contribution in [0, 0.1) is 6.92 Å². The standard InChI is InChI=1S/C17H15ClN2O2S/c1-11-14(20-17(22-11)15-7-4-8-23-15)9-16(21)19-10-12-5-2-3-6-13(12)18/h2-8H,9-10H2,1H3,(H,19,21). The molecule has 1 aromatic carbocycles. The zero-order valence-corrected chi connectivity index (χ0v) is 14.1. The summed E-state index contributed by atoms with van der Waals surface area (Å²) in [4.78, 5) is 17.5. The molecule has 0 saturated heterocycles. The zero-order valence-electron chi connectivity index (χ0n) is 12.5. The normalized spacial score (nSPS) is 10.7. The number of carbonyl (C=O) groups excluding carboxylic acids is 1. The number of rotatable bonds is 5. The molecular weight excluding hydrogens is 332 g/mol. The van der Waals surface area contributed by atoms with Crippen molar-refractivity contribution < 1.29 is 9.21 Å². The average Bonchev–Trinajstić information content (AvgIpc) is 3.17. The van der Waals surface area contributed by atoms with E-state index in [1.165, 1.54) is 0 Å². The maximum Gasteiger partial charge on any atom is 0.236 e. The molecule has 0 aliphatic rings. The third kappa shape index (κ3) is 3.81. The van der Waals surface area contributed by atoms with Gasteiger partial charge in [-0.2, -0.15) is 0 Å². The molecule has 6 heteroatoms. The monoisotopic (exact) mass is 346 g/mol. The number of aromatic nitrogens is 1. The van der Waals surface area contributed by atoms with E-state index in [4.69, 9.17) is 16.0 Å². The molecule has 3 rings (SSSR count). The largest absolute Gasteiger partial charge is 0.440 e. The first-order valence-corrected chi connectivity index (χ1v) is 8.39. The lowest BCUT2D eigenvalue weighted by Gasteiger charge is -2.06. The molecule has 2 heterocycles. The van der Waals surface area contributed by atoms with Gasteiger partial charge in [0.15, 0.2) is 0 Å². The van der Waals surface area contributed by atoms with E-state index in [1.54, 1.807) is 17.4 Å². The maximum atomic E-state index is 12.1. The van der Waals surface area contributed by atoms with Gasteiger partial charge in [0.05, 0.1) is 17.0 Å². The Morgan fingerprint density at radius 2 is 2.13 bits per heavy atom. The summed E-state index contributed by atoms with van der Waals surface area (Å²) in [6.45, 7) is 2.22. The van der Waals surface area contributed by atoms with Crippen molar-refractivity contribution in [2.75, 3.05) is 0 Å². The van der Waals surface area contributed by atoms with Crippen LogP contribution in [0.2, 0.25) is 5.02 Å². The van der Waals surface area contributed by atoms with Gasteiger partial charge in [-0.05, 0) is 30.0 Å². The second-order valence-electron chi connectivity index (χ2n) is 5.04.